The quantitative estimate of drug-likeness (QED) is 0.342. The van der Waals surface area contributed by atoms with E-state index >= 15 is 0 Å². The lowest BCUT2D eigenvalue weighted by Gasteiger charge is -2.28. The molecule has 0 bridgehead atoms. The molecule has 1 aromatic carbocycles. The van der Waals surface area contributed by atoms with Crippen LogP contribution in [0.1, 0.15) is 41.6 Å². The van der Waals surface area contributed by atoms with Crippen LogP contribution in [0.2, 0.25) is 0 Å². The predicted molar refractivity (Wildman–Crippen MR) is 73.2 cm³/mol. The number of rotatable bonds is 3. The van der Waals surface area contributed by atoms with E-state index in [1.54, 1.807) is 19.1 Å². The lowest BCUT2D eigenvalue weighted by atomic mass is 9.95. The summed E-state index contributed by atoms with van der Waals surface area (Å²) in [5.74, 6) is -1.12. The molecule has 1 aliphatic carbocycles. The summed E-state index contributed by atoms with van der Waals surface area (Å²) < 4.78 is 14.0. The number of nitrogens with one attached hydrogen (secondary N) is 1. The summed E-state index contributed by atoms with van der Waals surface area (Å²) >= 11 is 0. The fourth-order valence-corrected chi connectivity index (χ4v) is 2.63. The first-order valence-corrected chi connectivity index (χ1v) is 6.56. The highest BCUT2D eigenvalue weighted by molar-refractivity contribution is 6.00. The third-order valence-electron chi connectivity index (χ3n) is 3.84. The SMILES string of the molecule is Cc1cccc(C(=O)NC2(/C(N)=N/O)CCCC2)c1F. The van der Waals surface area contributed by atoms with Gasteiger partial charge in [-0.25, -0.2) is 4.39 Å². The monoisotopic (exact) mass is 279 g/mol. The number of nitrogens with zero attached hydrogens (tertiary/aromatic N) is 1. The molecule has 1 aromatic rings. The van der Waals surface area contributed by atoms with Crippen LogP contribution in [0.15, 0.2) is 23.4 Å². The van der Waals surface area contributed by atoms with Crippen LogP contribution < -0.4 is 11.1 Å². The fraction of sp³-hybridized carbons (Fsp3) is 0.429. The number of halogens is 1. The van der Waals surface area contributed by atoms with Gasteiger partial charge in [0.1, 0.15) is 11.4 Å². The van der Waals surface area contributed by atoms with Gasteiger partial charge in [0.2, 0.25) is 0 Å². The van der Waals surface area contributed by atoms with Crippen molar-refractivity contribution in [2.45, 2.75) is 38.1 Å². The maximum absolute atomic E-state index is 14.0. The van der Waals surface area contributed by atoms with Crippen molar-refractivity contribution >= 4 is 11.7 Å². The maximum Gasteiger partial charge on any atom is 0.255 e. The Labute approximate surface area is 116 Å². The minimum absolute atomic E-state index is 0.0259. The second-order valence-electron chi connectivity index (χ2n) is 5.17. The summed E-state index contributed by atoms with van der Waals surface area (Å²) in [7, 11) is 0. The molecule has 20 heavy (non-hydrogen) atoms. The smallest absolute Gasteiger partial charge is 0.255 e. The van der Waals surface area contributed by atoms with E-state index in [-0.39, 0.29) is 11.4 Å². The Balaban J connectivity index is 2.28. The number of carbonyl (C=O) groups is 1. The number of aryl methyl sites for hydroxylation is 1. The fourth-order valence-electron chi connectivity index (χ4n) is 2.63. The molecule has 5 nitrogen and oxygen atoms in total. The molecule has 0 aliphatic heterocycles. The zero-order valence-electron chi connectivity index (χ0n) is 11.3. The lowest BCUT2D eigenvalue weighted by molar-refractivity contribution is 0.0918. The van der Waals surface area contributed by atoms with Crippen molar-refractivity contribution in [2.24, 2.45) is 10.9 Å². The molecule has 6 heteroatoms. The summed E-state index contributed by atoms with van der Waals surface area (Å²) in [5, 5.41) is 14.6. The van der Waals surface area contributed by atoms with Crippen LogP contribution in [0.25, 0.3) is 0 Å². The highest BCUT2D eigenvalue weighted by atomic mass is 19.1. The summed E-state index contributed by atoms with van der Waals surface area (Å²) in [4.78, 5) is 12.3. The molecule has 1 saturated carbocycles. The number of benzene rings is 1. The zero-order chi connectivity index (χ0) is 14.8. The van der Waals surface area contributed by atoms with Crippen LogP contribution in [0, 0.1) is 12.7 Å². The molecule has 1 aliphatic rings. The second-order valence-corrected chi connectivity index (χ2v) is 5.17. The first-order valence-electron chi connectivity index (χ1n) is 6.56. The van der Waals surface area contributed by atoms with Gasteiger partial charge in [-0.15, -0.1) is 0 Å². The summed E-state index contributed by atoms with van der Waals surface area (Å²) in [5.41, 5.74) is 5.20. The number of carbonyl (C=O) groups excluding carboxylic acids is 1. The second kappa shape index (κ2) is 5.48. The molecule has 2 rings (SSSR count). The molecule has 1 fully saturated rings. The summed E-state index contributed by atoms with van der Waals surface area (Å²) in [6.45, 7) is 1.60. The van der Waals surface area contributed by atoms with Gasteiger partial charge < -0.3 is 16.3 Å². The van der Waals surface area contributed by atoms with Crippen LogP contribution in [-0.4, -0.2) is 22.5 Å². The number of oxime groups is 1. The normalized spacial score (nSPS) is 18.0. The van der Waals surface area contributed by atoms with Crippen molar-refractivity contribution < 1.29 is 14.4 Å². The van der Waals surface area contributed by atoms with E-state index in [9.17, 15) is 9.18 Å². The van der Waals surface area contributed by atoms with E-state index in [1.807, 2.05) is 0 Å². The minimum Gasteiger partial charge on any atom is -0.409 e. The van der Waals surface area contributed by atoms with Crippen molar-refractivity contribution in [1.82, 2.24) is 5.32 Å². The molecule has 0 aromatic heterocycles. The third kappa shape index (κ3) is 2.45. The van der Waals surface area contributed by atoms with Crippen LogP contribution in [0.3, 0.4) is 0 Å². The lowest BCUT2D eigenvalue weighted by Crippen LogP contribution is -2.55. The van der Waals surface area contributed by atoms with Gasteiger partial charge in [0.05, 0.1) is 5.56 Å². The van der Waals surface area contributed by atoms with E-state index in [0.717, 1.165) is 12.8 Å². The maximum atomic E-state index is 14.0. The van der Waals surface area contributed by atoms with Gasteiger partial charge >= 0.3 is 0 Å². The predicted octanol–water partition coefficient (Wildman–Crippen LogP) is 1.92. The summed E-state index contributed by atoms with van der Waals surface area (Å²) in [6.07, 6.45) is 2.91. The van der Waals surface area contributed by atoms with Crippen molar-refractivity contribution in [3.05, 3.63) is 35.1 Å². The van der Waals surface area contributed by atoms with Gasteiger partial charge in [0.15, 0.2) is 5.84 Å². The number of amides is 1. The van der Waals surface area contributed by atoms with Crippen molar-refractivity contribution in [1.29, 1.82) is 0 Å². The van der Waals surface area contributed by atoms with Crippen molar-refractivity contribution in [2.75, 3.05) is 0 Å². The number of nitrogens with two attached hydrogens (primary N) is 1. The average Bonchev–Trinajstić information content (AvgIpc) is 2.90. The molecule has 1 amide bonds. The largest absolute Gasteiger partial charge is 0.409 e. The molecule has 0 spiro atoms. The number of hydrogen-bond acceptors (Lipinski definition) is 3. The molecular weight excluding hydrogens is 261 g/mol. The molecular formula is C14H18FN3O2. The van der Waals surface area contributed by atoms with E-state index in [0.29, 0.717) is 18.4 Å². The zero-order valence-corrected chi connectivity index (χ0v) is 11.3. The van der Waals surface area contributed by atoms with Crippen LogP contribution in [0.5, 0.6) is 0 Å². The van der Waals surface area contributed by atoms with Crippen molar-refractivity contribution in [3.8, 4) is 0 Å². The Hall–Kier alpha value is -2.11. The van der Waals surface area contributed by atoms with E-state index in [4.69, 9.17) is 10.9 Å². The Morgan fingerprint density at radius 3 is 2.70 bits per heavy atom. The Bertz CT molecular complexity index is 551. The molecule has 4 N–H and O–H groups in total. The van der Waals surface area contributed by atoms with Gasteiger partial charge in [-0.2, -0.15) is 0 Å². The van der Waals surface area contributed by atoms with E-state index in [1.165, 1.54) is 6.07 Å². The van der Waals surface area contributed by atoms with Crippen LogP contribution >= 0.6 is 0 Å². The Morgan fingerprint density at radius 1 is 1.45 bits per heavy atom. The van der Waals surface area contributed by atoms with Gasteiger partial charge in [0, 0.05) is 0 Å². The van der Waals surface area contributed by atoms with Gasteiger partial charge in [-0.3, -0.25) is 4.79 Å². The Morgan fingerprint density at radius 2 is 2.10 bits per heavy atom. The van der Waals surface area contributed by atoms with E-state index < -0.39 is 17.3 Å². The van der Waals surface area contributed by atoms with Gasteiger partial charge in [0.25, 0.3) is 5.91 Å². The number of amidine groups is 1. The topological polar surface area (TPSA) is 87.7 Å². The minimum atomic E-state index is -0.873. The standard InChI is InChI=1S/C14H18FN3O2/c1-9-5-4-6-10(11(9)15)12(19)17-14(13(16)18-20)7-2-3-8-14/h4-6,20H,2-3,7-8H2,1H3,(H2,16,18)(H,17,19). The number of hydrogen-bond donors (Lipinski definition) is 3. The Kier molecular flexibility index (Phi) is 3.92. The van der Waals surface area contributed by atoms with Crippen molar-refractivity contribution in [3.63, 3.8) is 0 Å². The molecule has 0 atom stereocenters. The first kappa shape index (κ1) is 14.3. The van der Waals surface area contributed by atoms with E-state index in [2.05, 4.69) is 10.5 Å². The molecule has 108 valence electrons. The van der Waals surface area contributed by atoms with Gasteiger partial charge in [-0.1, -0.05) is 30.1 Å². The highest BCUT2D eigenvalue weighted by Gasteiger charge is 2.40. The third-order valence-corrected chi connectivity index (χ3v) is 3.84. The van der Waals surface area contributed by atoms with Gasteiger partial charge in [-0.05, 0) is 31.4 Å². The van der Waals surface area contributed by atoms with Crippen LogP contribution in [0.4, 0.5) is 4.39 Å². The molecule has 0 heterocycles. The summed E-state index contributed by atoms with van der Waals surface area (Å²) in [6, 6.07) is 4.64. The highest BCUT2D eigenvalue weighted by Crippen LogP contribution is 2.30. The average molecular weight is 279 g/mol. The first-order chi connectivity index (χ1) is 9.50. The molecule has 0 saturated heterocycles. The van der Waals surface area contributed by atoms with Crippen LogP contribution in [-0.2, 0) is 0 Å². The molecule has 0 unspecified atom stereocenters. The molecule has 0 radical (unpaired) electrons.